The lowest BCUT2D eigenvalue weighted by Crippen LogP contribution is -2.47. The Morgan fingerprint density at radius 3 is 2.57 bits per heavy atom. The molecule has 1 rings (SSSR count). The maximum Gasteiger partial charge on any atom is 0.317 e. The van der Waals surface area contributed by atoms with Crippen LogP contribution in [0.25, 0.3) is 0 Å². The van der Waals surface area contributed by atoms with Crippen LogP contribution >= 0.6 is 0 Å². The van der Waals surface area contributed by atoms with E-state index in [-0.39, 0.29) is 12.1 Å². The van der Waals surface area contributed by atoms with Crippen LogP contribution in [0.4, 0.5) is 4.79 Å². The number of benzene rings is 1. The quantitative estimate of drug-likeness (QED) is 0.809. The highest BCUT2D eigenvalue weighted by atomic mass is 16.5. The van der Waals surface area contributed by atoms with Gasteiger partial charge in [0.1, 0.15) is 5.75 Å². The molecule has 0 heterocycles. The Balaban J connectivity index is 2.52. The van der Waals surface area contributed by atoms with Crippen molar-refractivity contribution in [1.29, 1.82) is 0 Å². The van der Waals surface area contributed by atoms with Crippen LogP contribution in [0.3, 0.4) is 0 Å². The van der Waals surface area contributed by atoms with Gasteiger partial charge in [0.2, 0.25) is 0 Å². The Morgan fingerprint density at radius 1 is 1.33 bits per heavy atom. The van der Waals surface area contributed by atoms with Crippen molar-refractivity contribution >= 4 is 6.03 Å². The average Bonchev–Trinajstić information content (AvgIpc) is 2.44. The van der Waals surface area contributed by atoms with Gasteiger partial charge in [0.25, 0.3) is 0 Å². The Morgan fingerprint density at radius 2 is 2.00 bits per heavy atom. The van der Waals surface area contributed by atoms with Gasteiger partial charge in [-0.15, -0.1) is 0 Å². The van der Waals surface area contributed by atoms with Gasteiger partial charge in [0.15, 0.2) is 0 Å². The summed E-state index contributed by atoms with van der Waals surface area (Å²) in [7, 11) is 1.64. The Labute approximate surface area is 126 Å². The van der Waals surface area contributed by atoms with E-state index in [2.05, 4.69) is 5.32 Å². The molecule has 0 aliphatic heterocycles. The minimum Gasteiger partial charge on any atom is -0.496 e. The fourth-order valence-corrected chi connectivity index (χ4v) is 2.13. The topological polar surface area (TPSA) is 61.8 Å². The number of carbonyl (C=O) groups excluding carboxylic acids is 1. The fourth-order valence-electron chi connectivity index (χ4n) is 2.13. The second kappa shape index (κ2) is 8.52. The number of amides is 2. The molecule has 1 aromatic rings. The first-order valence-electron chi connectivity index (χ1n) is 7.30. The molecule has 0 saturated heterocycles. The van der Waals surface area contributed by atoms with Crippen molar-refractivity contribution in [2.24, 2.45) is 0 Å². The van der Waals surface area contributed by atoms with Gasteiger partial charge in [0.05, 0.1) is 13.2 Å². The second-order valence-corrected chi connectivity index (χ2v) is 5.39. The summed E-state index contributed by atoms with van der Waals surface area (Å²) < 4.78 is 5.28. The molecule has 0 aliphatic carbocycles. The monoisotopic (exact) mass is 294 g/mol. The van der Waals surface area contributed by atoms with Gasteiger partial charge in [-0.2, -0.15) is 0 Å². The highest BCUT2D eigenvalue weighted by Gasteiger charge is 2.18. The summed E-state index contributed by atoms with van der Waals surface area (Å²) in [4.78, 5) is 13.8. The molecule has 1 atom stereocenters. The molecule has 0 spiro atoms. The van der Waals surface area contributed by atoms with Crippen molar-refractivity contribution < 1.29 is 14.6 Å². The van der Waals surface area contributed by atoms with Crippen LogP contribution in [0, 0.1) is 0 Å². The van der Waals surface area contributed by atoms with Gasteiger partial charge in [-0.1, -0.05) is 18.2 Å². The van der Waals surface area contributed by atoms with Gasteiger partial charge in [0, 0.05) is 19.1 Å². The summed E-state index contributed by atoms with van der Waals surface area (Å²) in [6.07, 6.45) is 0.170. The summed E-state index contributed by atoms with van der Waals surface area (Å²) >= 11 is 0. The number of ether oxygens (including phenoxy) is 1. The summed E-state index contributed by atoms with van der Waals surface area (Å²) in [5.41, 5.74) is 1.06. The second-order valence-electron chi connectivity index (χ2n) is 5.39. The van der Waals surface area contributed by atoms with Gasteiger partial charge in [-0.3, -0.25) is 0 Å². The summed E-state index contributed by atoms with van der Waals surface area (Å²) in [5.74, 6) is 0.830. The lowest BCUT2D eigenvalue weighted by Gasteiger charge is -2.28. The normalized spacial score (nSPS) is 12.1. The Bertz CT molecular complexity index is 447. The number of para-hydroxylation sites is 1. The number of aliphatic hydroxyl groups excluding tert-OH is 1. The third-order valence-electron chi connectivity index (χ3n) is 3.21. The smallest absolute Gasteiger partial charge is 0.317 e. The number of nitrogens with one attached hydrogen (secondary N) is 1. The van der Waals surface area contributed by atoms with E-state index < -0.39 is 6.10 Å². The maximum atomic E-state index is 12.1. The van der Waals surface area contributed by atoms with Crippen molar-refractivity contribution in [3.8, 4) is 5.75 Å². The third kappa shape index (κ3) is 5.63. The Hall–Kier alpha value is -1.75. The molecule has 2 N–H and O–H groups in total. The van der Waals surface area contributed by atoms with Gasteiger partial charge >= 0.3 is 6.03 Å². The first-order chi connectivity index (χ1) is 9.95. The van der Waals surface area contributed by atoms with Crippen LogP contribution in [-0.2, 0) is 6.42 Å². The molecule has 0 bridgehead atoms. The molecule has 0 fully saturated rings. The molecule has 5 heteroatoms. The lowest BCUT2D eigenvalue weighted by molar-refractivity contribution is 0.119. The maximum absolute atomic E-state index is 12.1. The molecule has 1 unspecified atom stereocenters. The minimum atomic E-state index is -0.535. The van der Waals surface area contributed by atoms with Crippen LogP contribution in [0.1, 0.15) is 26.3 Å². The number of methoxy groups -OCH3 is 1. The first kappa shape index (κ1) is 17.3. The number of aliphatic hydroxyl groups is 1. The van der Waals surface area contributed by atoms with E-state index >= 15 is 0 Å². The van der Waals surface area contributed by atoms with Crippen LogP contribution < -0.4 is 10.1 Å². The zero-order chi connectivity index (χ0) is 15.8. The van der Waals surface area contributed by atoms with Crippen LogP contribution in [0.2, 0.25) is 0 Å². The van der Waals surface area contributed by atoms with Gasteiger partial charge in [-0.25, -0.2) is 4.79 Å². The number of carbonyl (C=O) groups is 1. The number of rotatable bonds is 7. The van der Waals surface area contributed by atoms with Crippen molar-refractivity contribution in [1.82, 2.24) is 10.2 Å². The number of nitrogens with zero attached hydrogens (tertiary/aromatic N) is 1. The predicted molar refractivity (Wildman–Crippen MR) is 83.6 cm³/mol. The number of hydrogen-bond acceptors (Lipinski definition) is 3. The van der Waals surface area contributed by atoms with Crippen molar-refractivity contribution in [2.45, 2.75) is 39.3 Å². The standard InChI is InChI=1S/C16H26N2O3/c1-12(2)18(11-13(3)19)16(20)17-10-9-14-7-5-6-8-15(14)21-4/h5-8,12-13,19H,9-11H2,1-4H3,(H,17,20). The van der Waals surface area contributed by atoms with E-state index in [9.17, 15) is 9.90 Å². The highest BCUT2D eigenvalue weighted by molar-refractivity contribution is 5.74. The molecule has 2 amide bonds. The molecule has 0 radical (unpaired) electrons. The summed E-state index contributed by atoms with van der Waals surface area (Å²) in [6, 6.07) is 7.66. The van der Waals surface area contributed by atoms with E-state index in [1.54, 1.807) is 18.9 Å². The van der Waals surface area contributed by atoms with Gasteiger partial charge < -0.3 is 20.1 Å². The highest BCUT2D eigenvalue weighted by Crippen LogP contribution is 2.17. The molecule has 0 saturated carbocycles. The zero-order valence-electron chi connectivity index (χ0n) is 13.3. The van der Waals surface area contributed by atoms with E-state index in [1.165, 1.54) is 0 Å². The summed E-state index contributed by atoms with van der Waals surface area (Å²) in [6.45, 7) is 6.41. The molecular weight excluding hydrogens is 268 g/mol. The molecule has 0 aromatic heterocycles. The average molecular weight is 294 g/mol. The molecule has 5 nitrogen and oxygen atoms in total. The lowest BCUT2D eigenvalue weighted by atomic mass is 10.1. The molecule has 0 aliphatic rings. The first-order valence-corrected chi connectivity index (χ1v) is 7.30. The molecule has 21 heavy (non-hydrogen) atoms. The van der Waals surface area contributed by atoms with Crippen molar-refractivity contribution in [2.75, 3.05) is 20.2 Å². The molecular formula is C16H26N2O3. The van der Waals surface area contributed by atoms with E-state index in [1.807, 2.05) is 38.1 Å². The van der Waals surface area contributed by atoms with Gasteiger partial charge in [-0.05, 0) is 38.8 Å². The van der Waals surface area contributed by atoms with Crippen molar-refractivity contribution in [3.63, 3.8) is 0 Å². The SMILES string of the molecule is COc1ccccc1CCNC(=O)N(CC(C)O)C(C)C. The van der Waals surface area contributed by atoms with Crippen molar-refractivity contribution in [3.05, 3.63) is 29.8 Å². The molecule has 1 aromatic carbocycles. The van der Waals surface area contributed by atoms with Crippen LogP contribution in [0.15, 0.2) is 24.3 Å². The zero-order valence-corrected chi connectivity index (χ0v) is 13.3. The van der Waals surface area contributed by atoms with Crippen LogP contribution in [-0.4, -0.2) is 48.4 Å². The van der Waals surface area contributed by atoms with E-state index in [0.717, 1.165) is 11.3 Å². The largest absolute Gasteiger partial charge is 0.496 e. The van der Waals surface area contributed by atoms with E-state index in [0.29, 0.717) is 19.5 Å². The fraction of sp³-hybridized carbons (Fsp3) is 0.562. The third-order valence-corrected chi connectivity index (χ3v) is 3.21. The Kier molecular flexibility index (Phi) is 7.02. The molecule has 118 valence electrons. The van der Waals surface area contributed by atoms with Crippen LogP contribution in [0.5, 0.6) is 5.75 Å². The summed E-state index contributed by atoms with van der Waals surface area (Å²) in [5, 5.41) is 12.3. The minimum absolute atomic E-state index is 0.0471. The predicted octanol–water partition coefficient (Wildman–Crippen LogP) is 2.04. The van der Waals surface area contributed by atoms with E-state index in [4.69, 9.17) is 4.74 Å². The number of urea groups is 1. The number of hydrogen-bond donors (Lipinski definition) is 2.